The average Bonchev–Trinajstić information content (AvgIpc) is 3.36. The molecule has 11 heteroatoms. The molecule has 1 aliphatic rings. The highest BCUT2D eigenvalue weighted by Gasteiger charge is 2.15. The lowest BCUT2D eigenvalue weighted by Gasteiger charge is -2.24. The molecular formula is C29H24F2N4O4S. The summed E-state index contributed by atoms with van der Waals surface area (Å²) in [5.41, 5.74) is 0.800. The minimum Gasteiger partial charge on any atom is -0.453 e. The Balaban J connectivity index is 1.21. The molecule has 0 spiro atoms. The molecule has 0 radical (unpaired) electrons. The van der Waals surface area contributed by atoms with Crippen molar-refractivity contribution in [2.75, 3.05) is 43.5 Å². The molecule has 2 N–H and O–H groups in total. The molecule has 1 fully saturated rings. The number of carbonyl (C=O) groups is 2. The number of rotatable bonds is 7. The van der Waals surface area contributed by atoms with E-state index in [-0.39, 0.29) is 17.1 Å². The SMILES string of the molecule is O=C(CC(=O)Nc1ccccc1F)Nc1ccc(Oc2ccnc3cc(C#CCN4CCOCC4)sc23)c(F)c1. The van der Waals surface area contributed by atoms with Crippen molar-refractivity contribution in [2.45, 2.75) is 6.42 Å². The molecule has 0 saturated carbocycles. The van der Waals surface area contributed by atoms with Crippen LogP contribution in [-0.2, 0) is 14.3 Å². The normalized spacial score (nSPS) is 13.3. The van der Waals surface area contributed by atoms with Gasteiger partial charge in [-0.05, 0) is 30.3 Å². The van der Waals surface area contributed by atoms with Gasteiger partial charge in [0.25, 0.3) is 0 Å². The van der Waals surface area contributed by atoms with E-state index >= 15 is 0 Å². The Morgan fingerprint density at radius 2 is 1.80 bits per heavy atom. The van der Waals surface area contributed by atoms with Crippen LogP contribution in [0.25, 0.3) is 10.2 Å². The number of thiophene rings is 1. The minimum atomic E-state index is -0.708. The molecule has 0 unspecified atom stereocenters. The van der Waals surface area contributed by atoms with Gasteiger partial charge < -0.3 is 20.1 Å². The van der Waals surface area contributed by atoms with E-state index in [4.69, 9.17) is 9.47 Å². The maximum absolute atomic E-state index is 14.9. The van der Waals surface area contributed by atoms with Gasteiger partial charge in [-0.1, -0.05) is 24.0 Å². The van der Waals surface area contributed by atoms with E-state index in [9.17, 15) is 18.4 Å². The van der Waals surface area contributed by atoms with E-state index in [0.29, 0.717) is 31.0 Å². The predicted molar refractivity (Wildman–Crippen MR) is 149 cm³/mol. The molecule has 1 saturated heterocycles. The molecule has 0 atom stereocenters. The van der Waals surface area contributed by atoms with Gasteiger partial charge in [0.05, 0.1) is 40.5 Å². The van der Waals surface area contributed by atoms with Gasteiger partial charge in [-0.15, -0.1) is 11.3 Å². The van der Waals surface area contributed by atoms with Gasteiger partial charge in [0.15, 0.2) is 11.6 Å². The first-order chi connectivity index (χ1) is 19.4. The Labute approximate surface area is 232 Å². The van der Waals surface area contributed by atoms with Gasteiger partial charge in [-0.25, -0.2) is 8.78 Å². The second-order valence-corrected chi connectivity index (χ2v) is 9.88. The number of hydrogen-bond acceptors (Lipinski definition) is 7. The first-order valence-electron chi connectivity index (χ1n) is 12.4. The molecule has 3 heterocycles. The Hall–Kier alpha value is -4.37. The fraction of sp³-hybridized carbons (Fsp3) is 0.207. The lowest BCUT2D eigenvalue weighted by atomic mass is 10.2. The van der Waals surface area contributed by atoms with Crippen molar-refractivity contribution in [3.8, 4) is 23.3 Å². The van der Waals surface area contributed by atoms with Crippen molar-refractivity contribution in [1.82, 2.24) is 9.88 Å². The van der Waals surface area contributed by atoms with Crippen LogP contribution >= 0.6 is 11.3 Å². The van der Waals surface area contributed by atoms with Crippen LogP contribution in [-0.4, -0.2) is 54.5 Å². The molecule has 8 nitrogen and oxygen atoms in total. The zero-order chi connectivity index (χ0) is 27.9. The summed E-state index contributed by atoms with van der Waals surface area (Å²) in [6, 6.07) is 13.1. The minimum absolute atomic E-state index is 0.0315. The molecule has 40 heavy (non-hydrogen) atoms. The third-order valence-electron chi connectivity index (χ3n) is 5.90. The first-order valence-corrected chi connectivity index (χ1v) is 13.3. The van der Waals surface area contributed by atoms with Crippen LogP contribution in [0.5, 0.6) is 11.5 Å². The van der Waals surface area contributed by atoms with Crippen molar-refractivity contribution in [2.24, 2.45) is 0 Å². The van der Waals surface area contributed by atoms with Gasteiger partial charge in [-0.2, -0.15) is 0 Å². The molecule has 2 aromatic carbocycles. The Morgan fingerprint density at radius 1 is 1.00 bits per heavy atom. The van der Waals surface area contributed by atoms with Gasteiger partial charge in [0, 0.05) is 37.1 Å². The van der Waals surface area contributed by atoms with E-state index in [1.54, 1.807) is 18.3 Å². The number of halogens is 2. The highest BCUT2D eigenvalue weighted by atomic mass is 32.1. The van der Waals surface area contributed by atoms with Crippen LogP contribution in [0.1, 0.15) is 11.3 Å². The largest absolute Gasteiger partial charge is 0.453 e. The number of anilines is 2. The second kappa shape index (κ2) is 12.7. The fourth-order valence-corrected chi connectivity index (χ4v) is 4.88. The van der Waals surface area contributed by atoms with E-state index < -0.39 is 29.9 Å². The standard InChI is InChI=1S/C29H24F2N4O4S/c30-21-5-1-2-6-23(21)34-28(37)18-27(36)33-19-7-8-25(22(31)16-19)39-26-9-10-32-24-17-20(40-29(24)26)4-3-11-35-12-14-38-15-13-35/h1-2,5-10,16-17H,11-15,18H2,(H,33,36)(H,34,37). The summed E-state index contributed by atoms with van der Waals surface area (Å²) in [6.07, 6.45) is 1.01. The van der Waals surface area contributed by atoms with Crippen LogP contribution < -0.4 is 15.4 Å². The number of para-hydroxylation sites is 1. The summed E-state index contributed by atoms with van der Waals surface area (Å²) in [6.45, 7) is 3.80. The summed E-state index contributed by atoms with van der Waals surface area (Å²) < 4.78 is 40.5. The molecule has 0 aliphatic carbocycles. The number of pyridine rings is 1. The number of hydrogen-bond donors (Lipinski definition) is 2. The molecule has 2 aromatic heterocycles. The fourth-order valence-electron chi connectivity index (χ4n) is 3.94. The maximum atomic E-state index is 14.9. The first kappa shape index (κ1) is 27.2. The number of nitrogens with zero attached hydrogens (tertiary/aromatic N) is 2. The van der Waals surface area contributed by atoms with Crippen LogP contribution in [0.4, 0.5) is 20.2 Å². The summed E-state index contributed by atoms with van der Waals surface area (Å²) in [4.78, 5) is 31.8. The second-order valence-electron chi connectivity index (χ2n) is 8.82. The zero-order valence-corrected chi connectivity index (χ0v) is 22.0. The average molecular weight is 563 g/mol. The van der Waals surface area contributed by atoms with E-state index in [2.05, 4.69) is 32.4 Å². The van der Waals surface area contributed by atoms with Crippen LogP contribution in [0.15, 0.2) is 60.8 Å². The molecule has 1 aliphatic heterocycles. The molecular weight excluding hydrogens is 538 g/mol. The molecule has 5 rings (SSSR count). The van der Waals surface area contributed by atoms with Crippen LogP contribution in [0.2, 0.25) is 0 Å². The third-order valence-corrected chi connectivity index (χ3v) is 6.95. The van der Waals surface area contributed by atoms with Gasteiger partial charge in [0.1, 0.15) is 18.0 Å². The zero-order valence-electron chi connectivity index (χ0n) is 21.2. The summed E-state index contributed by atoms with van der Waals surface area (Å²) in [7, 11) is 0. The van der Waals surface area contributed by atoms with Gasteiger partial charge in [0.2, 0.25) is 11.8 Å². The maximum Gasteiger partial charge on any atom is 0.233 e. The monoisotopic (exact) mass is 562 g/mol. The number of amides is 2. The van der Waals surface area contributed by atoms with Crippen molar-refractivity contribution >= 4 is 44.7 Å². The van der Waals surface area contributed by atoms with Crippen LogP contribution in [0, 0.1) is 23.5 Å². The highest BCUT2D eigenvalue weighted by Crippen LogP contribution is 2.36. The quantitative estimate of drug-likeness (QED) is 0.243. The smallest absolute Gasteiger partial charge is 0.233 e. The molecule has 4 aromatic rings. The van der Waals surface area contributed by atoms with Crippen LogP contribution in [0.3, 0.4) is 0 Å². The third kappa shape index (κ3) is 6.98. The lowest BCUT2D eigenvalue weighted by Crippen LogP contribution is -2.36. The van der Waals surface area contributed by atoms with Gasteiger partial charge >= 0.3 is 0 Å². The molecule has 204 valence electrons. The number of ether oxygens (including phenoxy) is 2. The molecule has 2 amide bonds. The van der Waals surface area contributed by atoms with E-state index in [1.165, 1.54) is 41.7 Å². The van der Waals surface area contributed by atoms with Crippen molar-refractivity contribution < 1.29 is 27.8 Å². The number of benzene rings is 2. The summed E-state index contributed by atoms with van der Waals surface area (Å²) in [5, 5.41) is 4.79. The van der Waals surface area contributed by atoms with Crippen molar-refractivity contribution in [3.63, 3.8) is 0 Å². The summed E-state index contributed by atoms with van der Waals surface area (Å²) in [5.74, 6) is 4.03. The Kier molecular flexibility index (Phi) is 8.61. The van der Waals surface area contributed by atoms with E-state index in [1.807, 2.05) is 6.07 Å². The number of fused-ring (bicyclic) bond motifs is 1. The molecule has 0 bridgehead atoms. The number of aromatic nitrogens is 1. The van der Waals surface area contributed by atoms with Crippen molar-refractivity contribution in [1.29, 1.82) is 0 Å². The number of nitrogens with one attached hydrogen (secondary N) is 2. The summed E-state index contributed by atoms with van der Waals surface area (Å²) >= 11 is 1.41. The number of carbonyl (C=O) groups excluding carboxylic acids is 2. The van der Waals surface area contributed by atoms with Gasteiger partial charge in [-0.3, -0.25) is 19.5 Å². The van der Waals surface area contributed by atoms with Crippen molar-refractivity contribution in [3.05, 3.63) is 77.3 Å². The Morgan fingerprint density at radius 3 is 2.60 bits per heavy atom. The predicted octanol–water partition coefficient (Wildman–Crippen LogP) is 5.02. The topological polar surface area (TPSA) is 92.8 Å². The van der Waals surface area contributed by atoms with E-state index in [0.717, 1.165) is 28.7 Å². The number of morpholine rings is 1. The Bertz CT molecular complexity index is 1610. The lowest BCUT2D eigenvalue weighted by molar-refractivity contribution is -0.123. The highest BCUT2D eigenvalue weighted by molar-refractivity contribution is 7.19.